The van der Waals surface area contributed by atoms with Crippen LogP contribution < -0.4 is 11.2 Å². The first-order valence-corrected chi connectivity index (χ1v) is 7.18. The van der Waals surface area contributed by atoms with Gasteiger partial charge >= 0.3 is 11.8 Å². The molecule has 2 rings (SSSR count). The molecule has 0 saturated carbocycles. The number of amides is 2. The van der Waals surface area contributed by atoms with Crippen molar-refractivity contribution in [2.75, 3.05) is 0 Å². The Morgan fingerprint density at radius 1 is 1.39 bits per heavy atom. The van der Waals surface area contributed by atoms with Crippen LogP contribution in [0.15, 0.2) is 29.4 Å². The summed E-state index contributed by atoms with van der Waals surface area (Å²) in [6.07, 6.45) is 1.43. The molecule has 1 aromatic heterocycles. The molecular formula is C15H16ClN5O2. The number of hydrogen-bond donors (Lipinski definition) is 2. The molecule has 0 unspecified atom stereocenters. The van der Waals surface area contributed by atoms with Crippen molar-refractivity contribution in [1.82, 2.24) is 15.2 Å². The van der Waals surface area contributed by atoms with Crippen molar-refractivity contribution < 1.29 is 9.59 Å². The van der Waals surface area contributed by atoms with Crippen molar-refractivity contribution in [1.29, 1.82) is 0 Å². The maximum atomic E-state index is 11.1. The number of benzene rings is 1. The second-order valence-corrected chi connectivity index (χ2v) is 5.30. The Balaban J connectivity index is 2.19. The molecule has 0 saturated heterocycles. The number of aryl methyl sites for hydroxylation is 1. The number of nitrogens with zero attached hydrogens (tertiary/aromatic N) is 3. The maximum Gasteiger partial charge on any atom is 0.329 e. The number of carbonyl (C=O) groups excluding carboxylic acids is 2. The van der Waals surface area contributed by atoms with Crippen LogP contribution in [0.5, 0.6) is 0 Å². The lowest BCUT2D eigenvalue weighted by molar-refractivity contribution is -0.137. The van der Waals surface area contributed by atoms with Crippen molar-refractivity contribution in [3.63, 3.8) is 0 Å². The molecule has 7 nitrogen and oxygen atoms in total. The highest BCUT2D eigenvalue weighted by molar-refractivity contribution is 6.34. The number of nitrogens with one attached hydrogen (secondary N) is 1. The number of aromatic nitrogens is 2. The first-order chi connectivity index (χ1) is 10.9. The van der Waals surface area contributed by atoms with E-state index in [1.807, 2.05) is 38.1 Å². The minimum absolute atomic E-state index is 0.522. The highest BCUT2D eigenvalue weighted by Crippen LogP contribution is 2.18. The minimum Gasteiger partial charge on any atom is -0.361 e. The number of rotatable bonds is 4. The molecule has 0 atom stereocenters. The zero-order valence-electron chi connectivity index (χ0n) is 12.7. The predicted octanol–water partition coefficient (Wildman–Crippen LogP) is 1.14. The molecule has 1 heterocycles. The monoisotopic (exact) mass is 333 g/mol. The fraction of sp³-hybridized carbons (Fsp3) is 0.200. The number of halogens is 1. The van der Waals surface area contributed by atoms with Gasteiger partial charge in [-0.05, 0) is 25.5 Å². The summed E-state index contributed by atoms with van der Waals surface area (Å²) in [7, 11) is 0. The third-order valence-electron chi connectivity index (χ3n) is 3.30. The molecule has 2 amide bonds. The second kappa shape index (κ2) is 7.06. The average molecular weight is 334 g/mol. The summed E-state index contributed by atoms with van der Waals surface area (Å²) >= 11 is 6.16. The van der Waals surface area contributed by atoms with Gasteiger partial charge in [-0.2, -0.15) is 10.2 Å². The number of nitrogens with two attached hydrogens (primary N) is 1. The fourth-order valence-electron chi connectivity index (χ4n) is 2.05. The Bertz CT molecular complexity index is 782. The van der Waals surface area contributed by atoms with Gasteiger partial charge in [0, 0.05) is 16.3 Å². The summed E-state index contributed by atoms with van der Waals surface area (Å²) in [6, 6.07) is 7.53. The summed E-state index contributed by atoms with van der Waals surface area (Å²) < 4.78 is 1.80. The van der Waals surface area contributed by atoms with E-state index >= 15 is 0 Å². The van der Waals surface area contributed by atoms with Gasteiger partial charge in [-0.3, -0.25) is 14.3 Å². The van der Waals surface area contributed by atoms with Gasteiger partial charge in [0.1, 0.15) is 0 Å². The Kier molecular flexibility index (Phi) is 5.13. The molecule has 8 heteroatoms. The van der Waals surface area contributed by atoms with E-state index in [1.165, 1.54) is 6.21 Å². The van der Waals surface area contributed by atoms with Crippen LogP contribution >= 0.6 is 11.6 Å². The summed E-state index contributed by atoms with van der Waals surface area (Å²) in [5.74, 6) is -2.06. The first-order valence-electron chi connectivity index (χ1n) is 6.80. The molecule has 120 valence electrons. The van der Waals surface area contributed by atoms with Gasteiger partial charge in [0.05, 0.1) is 18.5 Å². The normalized spacial score (nSPS) is 10.9. The van der Waals surface area contributed by atoms with Gasteiger partial charge in [-0.25, -0.2) is 5.43 Å². The SMILES string of the molecule is Cc1nn(Cc2ccccc2Cl)c(C)c1/C=N/NC(=O)C(N)=O. The minimum atomic E-state index is -1.09. The summed E-state index contributed by atoms with van der Waals surface area (Å²) in [6.45, 7) is 4.23. The zero-order valence-corrected chi connectivity index (χ0v) is 13.5. The molecule has 0 aliphatic heterocycles. The molecule has 1 aromatic carbocycles. The number of carbonyl (C=O) groups is 2. The van der Waals surface area contributed by atoms with Crippen molar-refractivity contribution in [2.24, 2.45) is 10.8 Å². The lowest BCUT2D eigenvalue weighted by Gasteiger charge is -2.06. The van der Waals surface area contributed by atoms with Gasteiger partial charge in [-0.15, -0.1) is 0 Å². The van der Waals surface area contributed by atoms with E-state index in [0.29, 0.717) is 11.6 Å². The lowest BCUT2D eigenvalue weighted by Crippen LogP contribution is -2.32. The Labute approximate surface area is 138 Å². The molecule has 0 aliphatic rings. The number of primary amides is 1. The van der Waals surface area contributed by atoms with Crippen LogP contribution in [0.1, 0.15) is 22.5 Å². The quantitative estimate of drug-likeness (QED) is 0.498. The van der Waals surface area contributed by atoms with Gasteiger partial charge < -0.3 is 5.73 Å². The predicted molar refractivity (Wildman–Crippen MR) is 87.2 cm³/mol. The van der Waals surface area contributed by atoms with E-state index in [0.717, 1.165) is 22.5 Å². The second-order valence-electron chi connectivity index (χ2n) is 4.90. The standard InChI is InChI=1S/C15H16ClN5O2/c1-9-12(7-18-19-15(23)14(17)22)10(2)21(20-9)8-11-5-3-4-6-13(11)16/h3-7H,8H2,1-2H3,(H2,17,22)(H,19,23)/b18-7+. The third kappa shape index (κ3) is 3.95. The van der Waals surface area contributed by atoms with E-state index in [9.17, 15) is 9.59 Å². The van der Waals surface area contributed by atoms with Crippen LogP contribution in [0.2, 0.25) is 5.02 Å². The molecule has 0 radical (unpaired) electrons. The van der Waals surface area contributed by atoms with Gasteiger partial charge in [0.15, 0.2) is 0 Å². The van der Waals surface area contributed by atoms with Gasteiger partial charge in [0.25, 0.3) is 0 Å². The number of hydrogen-bond acceptors (Lipinski definition) is 4. The Hall–Kier alpha value is -2.67. The largest absolute Gasteiger partial charge is 0.361 e. The first kappa shape index (κ1) is 16.7. The zero-order chi connectivity index (χ0) is 17.0. The van der Waals surface area contributed by atoms with Gasteiger partial charge in [0.2, 0.25) is 0 Å². The highest BCUT2D eigenvalue weighted by Gasteiger charge is 2.12. The molecule has 0 fully saturated rings. The average Bonchev–Trinajstić information content (AvgIpc) is 2.76. The third-order valence-corrected chi connectivity index (χ3v) is 3.67. The van der Waals surface area contributed by atoms with E-state index in [1.54, 1.807) is 4.68 Å². The van der Waals surface area contributed by atoms with E-state index < -0.39 is 11.8 Å². The van der Waals surface area contributed by atoms with Gasteiger partial charge in [-0.1, -0.05) is 29.8 Å². The van der Waals surface area contributed by atoms with Crippen molar-refractivity contribution in [2.45, 2.75) is 20.4 Å². The Morgan fingerprint density at radius 2 is 2.09 bits per heavy atom. The van der Waals surface area contributed by atoms with Crippen LogP contribution in [0.25, 0.3) is 0 Å². The maximum absolute atomic E-state index is 11.1. The summed E-state index contributed by atoms with van der Waals surface area (Å²) in [5, 5.41) is 8.83. The van der Waals surface area contributed by atoms with Crippen LogP contribution in [0.3, 0.4) is 0 Å². The van der Waals surface area contributed by atoms with Crippen LogP contribution in [-0.4, -0.2) is 27.8 Å². The van der Waals surface area contributed by atoms with Crippen LogP contribution in [0.4, 0.5) is 0 Å². The fourth-order valence-corrected chi connectivity index (χ4v) is 2.25. The van der Waals surface area contributed by atoms with Crippen molar-refractivity contribution >= 4 is 29.6 Å². The van der Waals surface area contributed by atoms with E-state index in [2.05, 4.69) is 15.6 Å². The number of hydrazone groups is 1. The molecule has 0 bridgehead atoms. The molecule has 23 heavy (non-hydrogen) atoms. The van der Waals surface area contributed by atoms with Crippen molar-refractivity contribution in [3.05, 3.63) is 51.8 Å². The lowest BCUT2D eigenvalue weighted by atomic mass is 10.2. The summed E-state index contributed by atoms with van der Waals surface area (Å²) in [4.78, 5) is 21.7. The smallest absolute Gasteiger partial charge is 0.329 e. The summed E-state index contributed by atoms with van der Waals surface area (Å²) in [5.41, 5.74) is 10.2. The van der Waals surface area contributed by atoms with Crippen LogP contribution in [0, 0.1) is 13.8 Å². The van der Waals surface area contributed by atoms with Crippen molar-refractivity contribution in [3.8, 4) is 0 Å². The molecule has 0 aliphatic carbocycles. The molecule has 2 aromatic rings. The van der Waals surface area contributed by atoms with E-state index in [-0.39, 0.29) is 0 Å². The highest BCUT2D eigenvalue weighted by atomic mass is 35.5. The topological polar surface area (TPSA) is 102 Å². The molecule has 0 spiro atoms. The molecular weight excluding hydrogens is 318 g/mol. The van der Waals surface area contributed by atoms with Crippen LogP contribution in [-0.2, 0) is 16.1 Å². The Morgan fingerprint density at radius 3 is 2.74 bits per heavy atom. The molecule has 3 N–H and O–H groups in total. The van der Waals surface area contributed by atoms with E-state index in [4.69, 9.17) is 17.3 Å².